The Morgan fingerprint density at radius 3 is 2.79 bits per heavy atom. The first-order valence-corrected chi connectivity index (χ1v) is 6.51. The summed E-state index contributed by atoms with van der Waals surface area (Å²) in [6.07, 6.45) is 1.72. The number of hydrogen-bond acceptors (Lipinski definition) is 3. The molecule has 1 aromatic carbocycles. The summed E-state index contributed by atoms with van der Waals surface area (Å²) >= 11 is 3.36. The highest BCUT2D eigenvalue weighted by molar-refractivity contribution is 9.10. The first-order chi connectivity index (χ1) is 9.08. The van der Waals surface area contributed by atoms with Gasteiger partial charge in [0.15, 0.2) is 0 Å². The predicted octanol–water partition coefficient (Wildman–Crippen LogP) is 3.18. The molecule has 0 atom stereocenters. The van der Waals surface area contributed by atoms with Crippen LogP contribution in [0.4, 0.5) is 5.69 Å². The summed E-state index contributed by atoms with van der Waals surface area (Å²) < 4.78 is 0.848. The Kier molecular flexibility index (Phi) is 4.16. The molecule has 0 aliphatic carbocycles. The molecule has 0 bridgehead atoms. The van der Waals surface area contributed by atoms with Crippen LogP contribution >= 0.6 is 15.9 Å². The molecule has 1 aromatic heterocycles. The predicted molar refractivity (Wildman–Crippen MR) is 77.4 cm³/mol. The van der Waals surface area contributed by atoms with Crippen molar-refractivity contribution in [2.45, 2.75) is 6.54 Å². The fourth-order valence-corrected chi connectivity index (χ4v) is 2.17. The van der Waals surface area contributed by atoms with E-state index in [4.69, 9.17) is 0 Å². The van der Waals surface area contributed by atoms with Crippen molar-refractivity contribution in [3.63, 3.8) is 0 Å². The van der Waals surface area contributed by atoms with Crippen molar-refractivity contribution in [2.75, 3.05) is 11.9 Å². The van der Waals surface area contributed by atoms with E-state index in [0.717, 1.165) is 10.2 Å². The Balaban J connectivity index is 2.30. The van der Waals surface area contributed by atoms with Crippen LogP contribution in [0, 0.1) is 0 Å². The van der Waals surface area contributed by atoms with Gasteiger partial charge in [0.1, 0.15) is 0 Å². The summed E-state index contributed by atoms with van der Waals surface area (Å²) in [5.74, 6) is -0.935. The second-order valence-corrected chi connectivity index (χ2v) is 5.06. The van der Waals surface area contributed by atoms with Crippen LogP contribution in [0.5, 0.6) is 0 Å². The SMILES string of the molecule is CN(Cc1ccccn1)c1cc(Br)ccc1C(=O)O. The lowest BCUT2D eigenvalue weighted by atomic mass is 10.1. The third-order valence-electron chi connectivity index (χ3n) is 2.73. The Morgan fingerprint density at radius 1 is 1.37 bits per heavy atom. The van der Waals surface area contributed by atoms with Gasteiger partial charge in [0.05, 0.1) is 23.5 Å². The molecule has 2 aromatic rings. The van der Waals surface area contributed by atoms with Crippen molar-refractivity contribution < 1.29 is 9.90 Å². The van der Waals surface area contributed by atoms with E-state index >= 15 is 0 Å². The van der Waals surface area contributed by atoms with Gasteiger partial charge in [-0.3, -0.25) is 4.98 Å². The zero-order valence-electron chi connectivity index (χ0n) is 10.4. The number of halogens is 1. The minimum Gasteiger partial charge on any atom is -0.478 e. The quantitative estimate of drug-likeness (QED) is 0.940. The molecule has 1 heterocycles. The number of rotatable bonds is 4. The molecule has 0 unspecified atom stereocenters. The number of carboxylic acids is 1. The maximum atomic E-state index is 11.2. The number of aromatic nitrogens is 1. The second kappa shape index (κ2) is 5.84. The van der Waals surface area contributed by atoms with Crippen LogP contribution in [0.1, 0.15) is 16.1 Å². The highest BCUT2D eigenvalue weighted by Gasteiger charge is 2.14. The van der Waals surface area contributed by atoms with Crippen LogP contribution in [0.15, 0.2) is 47.1 Å². The fourth-order valence-electron chi connectivity index (χ4n) is 1.82. The summed E-state index contributed by atoms with van der Waals surface area (Å²) in [5.41, 5.74) is 1.83. The molecule has 0 aliphatic heterocycles. The lowest BCUT2D eigenvalue weighted by molar-refractivity contribution is 0.0697. The van der Waals surface area contributed by atoms with E-state index in [1.165, 1.54) is 0 Å². The molecule has 1 N–H and O–H groups in total. The molecule has 19 heavy (non-hydrogen) atoms. The third-order valence-corrected chi connectivity index (χ3v) is 3.22. The van der Waals surface area contributed by atoms with E-state index < -0.39 is 5.97 Å². The number of anilines is 1. The van der Waals surface area contributed by atoms with Crippen molar-refractivity contribution >= 4 is 27.6 Å². The molecule has 0 saturated heterocycles. The van der Waals surface area contributed by atoms with Gasteiger partial charge < -0.3 is 10.0 Å². The average Bonchev–Trinajstić information content (AvgIpc) is 2.39. The monoisotopic (exact) mass is 320 g/mol. The highest BCUT2D eigenvalue weighted by Crippen LogP contribution is 2.25. The van der Waals surface area contributed by atoms with Crippen LogP contribution in [0.2, 0.25) is 0 Å². The fraction of sp³-hybridized carbons (Fsp3) is 0.143. The Morgan fingerprint density at radius 2 is 2.16 bits per heavy atom. The smallest absolute Gasteiger partial charge is 0.337 e. The zero-order chi connectivity index (χ0) is 13.8. The number of benzene rings is 1. The van der Waals surface area contributed by atoms with Crippen molar-refractivity contribution in [3.8, 4) is 0 Å². The number of carboxylic acid groups (broad SMARTS) is 1. The van der Waals surface area contributed by atoms with Crippen LogP contribution in [0.25, 0.3) is 0 Å². The summed E-state index contributed by atoms with van der Waals surface area (Å²) in [7, 11) is 1.85. The first-order valence-electron chi connectivity index (χ1n) is 5.72. The zero-order valence-corrected chi connectivity index (χ0v) is 12.0. The van der Waals surface area contributed by atoms with Gasteiger partial charge in [0, 0.05) is 17.7 Å². The molecule has 5 heteroatoms. The summed E-state index contributed by atoms with van der Waals surface area (Å²) in [6.45, 7) is 0.553. The molecule has 0 radical (unpaired) electrons. The summed E-state index contributed by atoms with van der Waals surface area (Å²) in [5, 5.41) is 9.21. The molecule has 0 aliphatic rings. The van der Waals surface area contributed by atoms with Crippen LogP contribution < -0.4 is 4.90 Å². The maximum absolute atomic E-state index is 11.2. The van der Waals surface area contributed by atoms with Crippen LogP contribution in [-0.2, 0) is 6.54 Å². The molecule has 0 spiro atoms. The Hall–Kier alpha value is -1.88. The Labute approximate surface area is 119 Å². The molecule has 98 valence electrons. The topological polar surface area (TPSA) is 53.4 Å². The van der Waals surface area contributed by atoms with E-state index in [1.807, 2.05) is 30.1 Å². The number of nitrogens with zero attached hydrogens (tertiary/aromatic N) is 2. The van der Waals surface area contributed by atoms with Crippen LogP contribution in [-0.4, -0.2) is 23.1 Å². The molecule has 0 saturated carbocycles. The molecule has 0 amide bonds. The van der Waals surface area contributed by atoms with Crippen LogP contribution in [0.3, 0.4) is 0 Å². The van der Waals surface area contributed by atoms with Gasteiger partial charge in [0.2, 0.25) is 0 Å². The molecule has 4 nitrogen and oxygen atoms in total. The lowest BCUT2D eigenvalue weighted by Crippen LogP contribution is -2.20. The van der Waals surface area contributed by atoms with Gasteiger partial charge in [-0.15, -0.1) is 0 Å². The standard InChI is InChI=1S/C14H13BrN2O2/c1-17(9-11-4-2-3-7-16-11)13-8-10(15)5-6-12(13)14(18)19/h2-8H,9H2,1H3,(H,18,19). The normalized spacial score (nSPS) is 10.2. The number of pyridine rings is 1. The molecule has 0 fully saturated rings. The Bertz CT molecular complexity index is 587. The van der Waals surface area contributed by atoms with Gasteiger partial charge >= 0.3 is 5.97 Å². The third kappa shape index (κ3) is 3.32. The summed E-state index contributed by atoms with van der Waals surface area (Å²) in [4.78, 5) is 17.3. The second-order valence-electron chi connectivity index (χ2n) is 4.14. The number of hydrogen-bond donors (Lipinski definition) is 1. The van der Waals surface area contributed by atoms with Gasteiger partial charge in [-0.05, 0) is 30.3 Å². The van der Waals surface area contributed by atoms with Gasteiger partial charge in [-0.25, -0.2) is 4.79 Å². The number of aromatic carboxylic acids is 1. The summed E-state index contributed by atoms with van der Waals surface area (Å²) in [6, 6.07) is 10.8. The van der Waals surface area contributed by atoms with E-state index in [1.54, 1.807) is 24.4 Å². The van der Waals surface area contributed by atoms with E-state index in [2.05, 4.69) is 20.9 Å². The van der Waals surface area contributed by atoms with Crippen molar-refractivity contribution in [2.24, 2.45) is 0 Å². The van der Waals surface area contributed by atoms with E-state index in [0.29, 0.717) is 12.2 Å². The molecular weight excluding hydrogens is 308 g/mol. The van der Waals surface area contributed by atoms with Gasteiger partial charge in [-0.2, -0.15) is 0 Å². The largest absolute Gasteiger partial charge is 0.478 e. The van der Waals surface area contributed by atoms with Crippen molar-refractivity contribution in [3.05, 3.63) is 58.3 Å². The van der Waals surface area contributed by atoms with Gasteiger partial charge in [0.25, 0.3) is 0 Å². The lowest BCUT2D eigenvalue weighted by Gasteiger charge is -2.21. The highest BCUT2D eigenvalue weighted by atomic mass is 79.9. The van der Waals surface area contributed by atoms with Crippen molar-refractivity contribution in [1.29, 1.82) is 0 Å². The maximum Gasteiger partial charge on any atom is 0.337 e. The average molecular weight is 321 g/mol. The van der Waals surface area contributed by atoms with E-state index in [-0.39, 0.29) is 5.56 Å². The van der Waals surface area contributed by atoms with Gasteiger partial charge in [-0.1, -0.05) is 22.0 Å². The van der Waals surface area contributed by atoms with E-state index in [9.17, 15) is 9.90 Å². The molecular formula is C14H13BrN2O2. The minimum absolute atomic E-state index is 0.279. The molecule has 2 rings (SSSR count). The first kappa shape index (κ1) is 13.5. The minimum atomic E-state index is -0.935. The number of carbonyl (C=O) groups is 1. The van der Waals surface area contributed by atoms with Crippen molar-refractivity contribution in [1.82, 2.24) is 4.98 Å².